The quantitative estimate of drug-likeness (QED) is 0.843. The molecule has 0 aliphatic rings. The van der Waals surface area contributed by atoms with Crippen LogP contribution in [0.1, 0.15) is 45.1 Å². The molecule has 0 atom stereocenters. The van der Waals surface area contributed by atoms with Gasteiger partial charge in [-0.15, -0.1) is 0 Å². The van der Waals surface area contributed by atoms with E-state index in [1.165, 1.54) is 6.92 Å². The summed E-state index contributed by atoms with van der Waals surface area (Å²) in [5.74, 6) is -0.106. The molecular formula is C19H23NO3S. The van der Waals surface area contributed by atoms with E-state index in [2.05, 4.69) is 4.72 Å². The van der Waals surface area contributed by atoms with Crippen molar-refractivity contribution in [1.29, 1.82) is 0 Å². The minimum Gasteiger partial charge on any atom is -0.295 e. The fraction of sp³-hybridized carbons (Fsp3) is 0.316. The summed E-state index contributed by atoms with van der Waals surface area (Å²) in [5, 5.41) is 0. The summed E-state index contributed by atoms with van der Waals surface area (Å²) >= 11 is 0. The smallest absolute Gasteiger partial charge is 0.262 e. The topological polar surface area (TPSA) is 63.2 Å². The molecule has 0 saturated carbocycles. The van der Waals surface area contributed by atoms with Gasteiger partial charge in [0.25, 0.3) is 10.0 Å². The fourth-order valence-corrected chi connectivity index (χ4v) is 4.53. The van der Waals surface area contributed by atoms with E-state index in [0.29, 0.717) is 16.1 Å². The second-order valence-electron chi connectivity index (χ2n) is 6.20. The van der Waals surface area contributed by atoms with Crippen molar-refractivity contribution < 1.29 is 13.2 Å². The van der Waals surface area contributed by atoms with Gasteiger partial charge in [-0.25, -0.2) is 8.42 Å². The van der Waals surface area contributed by atoms with E-state index in [-0.39, 0.29) is 5.78 Å². The van der Waals surface area contributed by atoms with Crippen LogP contribution >= 0.6 is 0 Å². The van der Waals surface area contributed by atoms with Crippen LogP contribution in [0.2, 0.25) is 0 Å². The summed E-state index contributed by atoms with van der Waals surface area (Å²) in [6.07, 6.45) is 0. The number of sulfonamides is 1. The Morgan fingerprint density at radius 3 is 1.88 bits per heavy atom. The third-order valence-electron chi connectivity index (χ3n) is 4.72. The van der Waals surface area contributed by atoms with Crippen molar-refractivity contribution in [1.82, 2.24) is 0 Å². The van der Waals surface area contributed by atoms with Gasteiger partial charge in [-0.3, -0.25) is 9.52 Å². The molecule has 128 valence electrons. The van der Waals surface area contributed by atoms with E-state index >= 15 is 0 Å². The Morgan fingerprint density at radius 2 is 1.38 bits per heavy atom. The predicted molar refractivity (Wildman–Crippen MR) is 97.4 cm³/mol. The lowest BCUT2D eigenvalue weighted by molar-refractivity contribution is 0.101. The second kappa shape index (κ2) is 6.40. The largest absolute Gasteiger partial charge is 0.295 e. The van der Waals surface area contributed by atoms with Crippen LogP contribution < -0.4 is 4.72 Å². The lowest BCUT2D eigenvalue weighted by Crippen LogP contribution is -2.18. The molecule has 24 heavy (non-hydrogen) atoms. The first-order valence-corrected chi connectivity index (χ1v) is 9.25. The van der Waals surface area contributed by atoms with Gasteiger partial charge in [0.05, 0.1) is 4.90 Å². The first-order chi connectivity index (χ1) is 11.1. The van der Waals surface area contributed by atoms with Crippen molar-refractivity contribution in [2.45, 2.75) is 46.4 Å². The number of anilines is 1. The maximum atomic E-state index is 12.9. The zero-order valence-electron chi connectivity index (χ0n) is 14.9. The van der Waals surface area contributed by atoms with E-state index in [0.717, 1.165) is 27.8 Å². The number of hydrogen-bond donors (Lipinski definition) is 1. The maximum absolute atomic E-state index is 12.9. The monoisotopic (exact) mass is 345 g/mol. The summed E-state index contributed by atoms with van der Waals surface area (Å²) in [4.78, 5) is 11.8. The number of benzene rings is 2. The lowest BCUT2D eigenvalue weighted by Gasteiger charge is -2.19. The van der Waals surface area contributed by atoms with E-state index in [4.69, 9.17) is 0 Å². The van der Waals surface area contributed by atoms with Gasteiger partial charge >= 0.3 is 0 Å². The van der Waals surface area contributed by atoms with Gasteiger partial charge in [-0.2, -0.15) is 0 Å². The molecule has 2 rings (SSSR count). The van der Waals surface area contributed by atoms with Crippen LogP contribution in [0.3, 0.4) is 0 Å². The number of ketones is 1. The van der Waals surface area contributed by atoms with Crippen molar-refractivity contribution in [3.63, 3.8) is 0 Å². The molecule has 0 radical (unpaired) electrons. The third kappa shape index (κ3) is 3.22. The van der Waals surface area contributed by atoms with E-state index < -0.39 is 10.0 Å². The van der Waals surface area contributed by atoms with Crippen LogP contribution in [0.4, 0.5) is 5.69 Å². The summed E-state index contributed by atoms with van der Waals surface area (Å²) in [6, 6.07) is 6.53. The number of Topliss-reactive ketones (excluding diaryl/α,β-unsaturated/α-hetero) is 1. The van der Waals surface area contributed by atoms with Crippen molar-refractivity contribution in [3.8, 4) is 0 Å². The molecule has 0 aliphatic heterocycles. The van der Waals surface area contributed by atoms with Crippen molar-refractivity contribution in [2.24, 2.45) is 0 Å². The molecule has 0 bridgehead atoms. The summed E-state index contributed by atoms with van der Waals surface area (Å²) in [6.45, 7) is 11.0. The second-order valence-corrected chi connectivity index (χ2v) is 7.82. The van der Waals surface area contributed by atoms with Gasteiger partial charge in [0.15, 0.2) is 5.78 Å². The summed E-state index contributed by atoms with van der Waals surface area (Å²) < 4.78 is 28.5. The van der Waals surface area contributed by atoms with Gasteiger partial charge in [-0.05, 0) is 81.5 Å². The Hall–Kier alpha value is -2.14. The summed E-state index contributed by atoms with van der Waals surface area (Å²) in [5.41, 5.74) is 5.45. The molecule has 0 unspecified atom stereocenters. The van der Waals surface area contributed by atoms with E-state index in [9.17, 15) is 13.2 Å². The van der Waals surface area contributed by atoms with Gasteiger partial charge < -0.3 is 0 Å². The average Bonchev–Trinajstić information content (AvgIpc) is 2.50. The van der Waals surface area contributed by atoms with Gasteiger partial charge in [0.1, 0.15) is 0 Å². The molecule has 0 aliphatic carbocycles. The highest BCUT2D eigenvalue weighted by Gasteiger charge is 2.23. The Labute approximate surface area is 144 Å². The number of hydrogen-bond acceptors (Lipinski definition) is 3. The molecule has 0 amide bonds. The fourth-order valence-electron chi connectivity index (χ4n) is 2.88. The minimum absolute atomic E-state index is 0.106. The average molecular weight is 345 g/mol. The van der Waals surface area contributed by atoms with Gasteiger partial charge in [0.2, 0.25) is 0 Å². The number of nitrogens with one attached hydrogen (secondary N) is 1. The highest BCUT2D eigenvalue weighted by molar-refractivity contribution is 7.92. The Bertz CT molecular complexity index is 899. The van der Waals surface area contributed by atoms with Gasteiger partial charge in [0, 0.05) is 11.3 Å². The first-order valence-electron chi connectivity index (χ1n) is 7.77. The molecule has 1 N–H and O–H groups in total. The zero-order chi connectivity index (χ0) is 18.2. The van der Waals surface area contributed by atoms with E-state index in [1.807, 2.05) is 34.6 Å². The normalized spacial score (nSPS) is 11.4. The maximum Gasteiger partial charge on any atom is 0.262 e. The van der Waals surface area contributed by atoms with Crippen LogP contribution in [0.15, 0.2) is 29.2 Å². The molecule has 0 heterocycles. The van der Waals surface area contributed by atoms with E-state index in [1.54, 1.807) is 24.3 Å². The highest BCUT2D eigenvalue weighted by Crippen LogP contribution is 2.30. The van der Waals surface area contributed by atoms with Crippen LogP contribution in [-0.4, -0.2) is 14.2 Å². The zero-order valence-corrected chi connectivity index (χ0v) is 15.8. The minimum atomic E-state index is -3.74. The molecule has 4 nitrogen and oxygen atoms in total. The van der Waals surface area contributed by atoms with Crippen LogP contribution in [0.25, 0.3) is 0 Å². The van der Waals surface area contributed by atoms with Crippen molar-refractivity contribution in [2.75, 3.05) is 4.72 Å². The predicted octanol–water partition coefficient (Wildman–Crippen LogP) is 4.23. The highest BCUT2D eigenvalue weighted by atomic mass is 32.2. The van der Waals surface area contributed by atoms with Crippen LogP contribution in [0.5, 0.6) is 0 Å². The van der Waals surface area contributed by atoms with Crippen LogP contribution in [-0.2, 0) is 10.0 Å². The molecule has 0 fully saturated rings. The third-order valence-corrected chi connectivity index (χ3v) is 6.38. The van der Waals surface area contributed by atoms with Gasteiger partial charge in [-0.1, -0.05) is 12.1 Å². The lowest BCUT2D eigenvalue weighted by atomic mass is 9.95. The number of rotatable bonds is 4. The molecule has 0 aromatic heterocycles. The molecular weight excluding hydrogens is 322 g/mol. The molecule has 5 heteroatoms. The standard InChI is InChI=1S/C19H23NO3S/c1-11-12(2)14(4)19(15(5)13(11)3)24(22,23)20-18-9-7-8-17(10-18)16(6)21/h7-10,20H,1-6H3. The van der Waals surface area contributed by atoms with Crippen LogP contribution in [0, 0.1) is 34.6 Å². The Balaban J connectivity index is 2.57. The Kier molecular flexibility index (Phi) is 4.85. The first kappa shape index (κ1) is 18.2. The molecule has 2 aromatic carbocycles. The number of carbonyl (C=O) groups is 1. The number of carbonyl (C=O) groups excluding carboxylic acids is 1. The molecule has 0 spiro atoms. The van der Waals surface area contributed by atoms with Crippen molar-refractivity contribution in [3.05, 3.63) is 57.6 Å². The Morgan fingerprint density at radius 1 is 0.875 bits per heavy atom. The molecule has 2 aromatic rings. The van der Waals surface area contributed by atoms with Crippen molar-refractivity contribution >= 4 is 21.5 Å². The summed E-state index contributed by atoms with van der Waals surface area (Å²) in [7, 11) is -3.74. The SMILES string of the molecule is CC(=O)c1cccc(NS(=O)(=O)c2c(C)c(C)c(C)c(C)c2C)c1. The molecule has 0 saturated heterocycles.